The molecule has 0 bridgehead atoms. The number of likely N-dealkylation sites (N-methyl/N-ethyl adjacent to an activating group) is 1. The average molecular weight is 433 g/mol. The molecule has 0 radical (unpaired) electrons. The highest BCUT2D eigenvalue weighted by Gasteiger charge is 2.21. The fourth-order valence-corrected chi connectivity index (χ4v) is 2.93. The molecular weight excluding hydrogens is 415 g/mol. The molecule has 0 aliphatic rings. The van der Waals surface area contributed by atoms with Crippen LogP contribution in [-0.2, 0) is 11.3 Å². The number of nitrogens with zero attached hydrogens (tertiary/aromatic N) is 2. The summed E-state index contributed by atoms with van der Waals surface area (Å²) in [6.07, 6.45) is 0. The zero-order valence-electron chi connectivity index (χ0n) is 15.9. The van der Waals surface area contributed by atoms with Crippen molar-refractivity contribution in [2.24, 2.45) is 0 Å². The number of nitrogens with two attached hydrogens (primary N) is 1. The van der Waals surface area contributed by atoms with E-state index in [4.69, 9.17) is 22.1 Å². The molecule has 1 heterocycles. The first-order valence-electron chi connectivity index (χ1n) is 8.79. The monoisotopic (exact) mass is 432 g/mol. The first-order valence-corrected chi connectivity index (χ1v) is 9.16. The van der Waals surface area contributed by atoms with Gasteiger partial charge in [-0.3, -0.25) is 19.1 Å². The molecule has 0 aliphatic carbocycles. The van der Waals surface area contributed by atoms with Crippen molar-refractivity contribution in [3.05, 3.63) is 85.8 Å². The van der Waals surface area contributed by atoms with E-state index in [1.165, 1.54) is 19.2 Å². The lowest BCUT2D eigenvalue weighted by molar-refractivity contribution is -0.120. The number of benzene rings is 2. The summed E-state index contributed by atoms with van der Waals surface area (Å²) in [7, 11) is 1.33. The smallest absolute Gasteiger partial charge is 0.330 e. The maximum Gasteiger partial charge on any atom is 0.330 e. The number of H-pyrrole nitrogens is 1. The van der Waals surface area contributed by atoms with E-state index in [9.17, 15) is 18.8 Å². The van der Waals surface area contributed by atoms with Gasteiger partial charge < -0.3 is 15.4 Å². The largest absolute Gasteiger partial charge is 0.484 e. The van der Waals surface area contributed by atoms with E-state index in [1.54, 1.807) is 24.3 Å². The number of ether oxygens (including phenoxy) is 1. The van der Waals surface area contributed by atoms with Gasteiger partial charge in [-0.1, -0.05) is 41.9 Å². The third kappa shape index (κ3) is 4.52. The number of hydrogen-bond acceptors (Lipinski definition) is 5. The van der Waals surface area contributed by atoms with Crippen molar-refractivity contribution < 1.29 is 13.9 Å². The molecule has 0 atom stereocenters. The summed E-state index contributed by atoms with van der Waals surface area (Å²) in [5.74, 6) is -1.21. The van der Waals surface area contributed by atoms with Crippen molar-refractivity contribution in [2.75, 3.05) is 24.3 Å². The maximum absolute atomic E-state index is 13.2. The van der Waals surface area contributed by atoms with Crippen LogP contribution in [0.5, 0.6) is 5.75 Å². The lowest BCUT2D eigenvalue weighted by Crippen LogP contribution is -2.41. The van der Waals surface area contributed by atoms with Gasteiger partial charge in [0.1, 0.15) is 17.4 Å². The Bertz CT molecular complexity index is 1190. The van der Waals surface area contributed by atoms with Crippen LogP contribution >= 0.6 is 11.6 Å². The summed E-state index contributed by atoms with van der Waals surface area (Å²) >= 11 is 5.68. The Labute approximate surface area is 175 Å². The zero-order valence-corrected chi connectivity index (χ0v) is 16.6. The number of rotatable bonds is 6. The number of carbonyl (C=O) groups excluding carboxylic acids is 1. The molecule has 0 unspecified atom stereocenters. The van der Waals surface area contributed by atoms with Crippen LogP contribution in [0.4, 0.5) is 15.9 Å². The van der Waals surface area contributed by atoms with E-state index in [2.05, 4.69) is 4.98 Å². The van der Waals surface area contributed by atoms with Gasteiger partial charge in [-0.25, -0.2) is 9.18 Å². The number of amides is 1. The molecule has 1 aromatic heterocycles. The minimum absolute atomic E-state index is 0.113. The van der Waals surface area contributed by atoms with Gasteiger partial charge in [0, 0.05) is 13.1 Å². The van der Waals surface area contributed by atoms with Crippen LogP contribution < -0.4 is 26.6 Å². The fraction of sp³-hybridized carbons (Fsp3) is 0.150. The number of nitrogen functional groups attached to an aromatic ring is 1. The lowest BCUT2D eigenvalue weighted by Gasteiger charge is -2.20. The van der Waals surface area contributed by atoms with Gasteiger partial charge in [0.25, 0.3) is 11.5 Å². The Morgan fingerprint density at radius 2 is 1.93 bits per heavy atom. The Kier molecular flexibility index (Phi) is 6.22. The van der Waals surface area contributed by atoms with Gasteiger partial charge in [0.15, 0.2) is 12.3 Å². The number of halogens is 2. The molecule has 8 nitrogen and oxygen atoms in total. The fourth-order valence-electron chi connectivity index (χ4n) is 2.76. The van der Waals surface area contributed by atoms with E-state index in [0.29, 0.717) is 0 Å². The van der Waals surface area contributed by atoms with Crippen LogP contribution in [0, 0.1) is 5.82 Å². The van der Waals surface area contributed by atoms with E-state index >= 15 is 0 Å². The van der Waals surface area contributed by atoms with Crippen molar-refractivity contribution in [3.8, 4) is 5.75 Å². The van der Waals surface area contributed by atoms with Gasteiger partial charge in [0.05, 0.1) is 11.6 Å². The summed E-state index contributed by atoms with van der Waals surface area (Å²) in [5, 5.41) is -0.151. The normalized spacial score (nSPS) is 10.6. The predicted octanol–water partition coefficient (Wildman–Crippen LogP) is 2.00. The molecule has 0 fully saturated rings. The molecule has 30 heavy (non-hydrogen) atoms. The summed E-state index contributed by atoms with van der Waals surface area (Å²) in [6, 6.07) is 12.7. The molecule has 3 rings (SSSR count). The van der Waals surface area contributed by atoms with Crippen LogP contribution in [0.25, 0.3) is 0 Å². The number of nitrogens with one attached hydrogen (secondary N) is 1. The van der Waals surface area contributed by atoms with Crippen LogP contribution in [0.3, 0.4) is 0 Å². The third-order valence-electron chi connectivity index (χ3n) is 4.36. The Hall–Kier alpha value is -3.59. The van der Waals surface area contributed by atoms with Crippen molar-refractivity contribution in [3.63, 3.8) is 0 Å². The molecule has 0 saturated heterocycles. The van der Waals surface area contributed by atoms with Crippen molar-refractivity contribution >= 4 is 29.0 Å². The first-order chi connectivity index (χ1) is 14.3. The zero-order chi connectivity index (χ0) is 21.8. The van der Waals surface area contributed by atoms with Crippen molar-refractivity contribution in [2.45, 2.75) is 6.54 Å². The molecule has 2 aromatic carbocycles. The summed E-state index contributed by atoms with van der Waals surface area (Å²) in [6.45, 7) is -0.350. The van der Waals surface area contributed by atoms with Gasteiger partial charge in [-0.05, 0) is 17.7 Å². The molecule has 1 amide bonds. The van der Waals surface area contributed by atoms with Gasteiger partial charge in [-0.15, -0.1) is 0 Å². The van der Waals surface area contributed by atoms with Gasteiger partial charge in [0.2, 0.25) is 0 Å². The molecule has 10 heteroatoms. The number of anilines is 2. The Morgan fingerprint density at radius 3 is 2.60 bits per heavy atom. The maximum atomic E-state index is 13.2. The van der Waals surface area contributed by atoms with E-state index in [1.807, 2.05) is 6.07 Å². The SMILES string of the molecule is CN(C(=O)COc1ccc(F)c(Cl)c1)c1c(N)n(Cc2ccccc2)c(=O)[nH]c1=O. The van der Waals surface area contributed by atoms with E-state index in [0.717, 1.165) is 21.1 Å². The highest BCUT2D eigenvalue weighted by atomic mass is 35.5. The first kappa shape index (κ1) is 21.1. The quantitative estimate of drug-likeness (QED) is 0.619. The molecule has 156 valence electrons. The lowest BCUT2D eigenvalue weighted by atomic mass is 10.2. The highest BCUT2D eigenvalue weighted by molar-refractivity contribution is 6.30. The standard InChI is InChI=1S/C20H18ClFN4O4/c1-25(16(27)11-30-13-7-8-15(22)14(21)9-13)17-18(23)26(20(29)24-19(17)28)10-12-5-3-2-4-6-12/h2-9H,10-11,23H2,1H3,(H,24,28,29). The summed E-state index contributed by atoms with van der Waals surface area (Å²) < 4.78 is 19.7. The van der Waals surface area contributed by atoms with Crippen molar-refractivity contribution in [1.82, 2.24) is 9.55 Å². The van der Waals surface area contributed by atoms with Crippen LogP contribution in [0.2, 0.25) is 5.02 Å². The number of hydrogen-bond donors (Lipinski definition) is 2. The molecule has 0 spiro atoms. The topological polar surface area (TPSA) is 110 Å². The summed E-state index contributed by atoms with van der Waals surface area (Å²) in [4.78, 5) is 40.3. The van der Waals surface area contributed by atoms with Crippen LogP contribution in [0.15, 0.2) is 58.1 Å². The number of carbonyl (C=O) groups is 1. The van der Waals surface area contributed by atoms with Gasteiger partial charge in [-0.2, -0.15) is 0 Å². The van der Waals surface area contributed by atoms with Crippen LogP contribution in [-0.4, -0.2) is 29.1 Å². The second-order valence-electron chi connectivity index (χ2n) is 6.38. The minimum atomic E-state index is -0.803. The molecule has 3 aromatic rings. The summed E-state index contributed by atoms with van der Waals surface area (Å²) in [5.41, 5.74) is 5.17. The van der Waals surface area contributed by atoms with Crippen molar-refractivity contribution in [1.29, 1.82) is 0 Å². The van der Waals surface area contributed by atoms with Gasteiger partial charge >= 0.3 is 5.69 Å². The second kappa shape index (κ2) is 8.83. The second-order valence-corrected chi connectivity index (χ2v) is 6.79. The molecular formula is C20H18ClFN4O4. The predicted molar refractivity (Wildman–Crippen MR) is 112 cm³/mol. The molecule has 0 aliphatic heterocycles. The number of aromatic nitrogens is 2. The average Bonchev–Trinajstić information content (AvgIpc) is 2.72. The van der Waals surface area contributed by atoms with E-state index in [-0.39, 0.29) is 28.8 Å². The third-order valence-corrected chi connectivity index (χ3v) is 4.65. The number of aromatic amines is 1. The Morgan fingerprint density at radius 1 is 1.23 bits per heavy atom. The minimum Gasteiger partial charge on any atom is -0.484 e. The molecule has 3 N–H and O–H groups in total. The van der Waals surface area contributed by atoms with E-state index < -0.39 is 29.6 Å². The highest BCUT2D eigenvalue weighted by Crippen LogP contribution is 2.21. The molecule has 0 saturated carbocycles. The Balaban J connectivity index is 1.83. The van der Waals surface area contributed by atoms with Crippen LogP contribution in [0.1, 0.15) is 5.56 Å².